The molecule has 0 amide bonds. The van der Waals surface area contributed by atoms with Crippen molar-refractivity contribution < 1.29 is 39.4 Å². The summed E-state index contributed by atoms with van der Waals surface area (Å²) in [7, 11) is 9.33. The molecule has 12 atom stereocenters. The summed E-state index contributed by atoms with van der Waals surface area (Å²) >= 11 is 3.00. The van der Waals surface area contributed by atoms with Crippen molar-refractivity contribution in [3.05, 3.63) is 29.8 Å². The number of thioether (sulfide) groups is 2. The summed E-state index contributed by atoms with van der Waals surface area (Å²) in [5.41, 5.74) is 0.617. The molecule has 1 aromatic rings. The minimum Gasteiger partial charge on any atom is -0.497 e. The van der Waals surface area contributed by atoms with Crippen LogP contribution in [0.15, 0.2) is 34.3 Å². The Hall–Kier alpha value is -1.62. The average molecular weight is 643 g/mol. The molecule has 0 saturated carbocycles. The molecule has 43 heavy (non-hydrogen) atoms. The number of aliphatic hydroxyl groups is 4. The number of hydrogen-bond acceptors (Lipinski definition) is 14. The third-order valence-electron chi connectivity index (χ3n) is 7.83. The van der Waals surface area contributed by atoms with Crippen molar-refractivity contribution in [3.63, 3.8) is 0 Å². The molecule has 4 aliphatic heterocycles. The molecule has 2 fully saturated rings. The number of ether oxygens (including phenoxy) is 4. The standard InChI is InChI=1S/C19H28N2O4S.C10H18N2O4S/c1-11-16(12(2)22)25-18-15(20-19(26-18)21(3)4)17(11)24-10-13-6-8-14(23-5)9-7-13;1-4(13)8-7(15)6(14)5-9(16-8)17-10(11-5)12(2)3/h6-9,11-12,15-18,22H,10H2,1-5H3;4-9,13-15H,1-3H3/t11-,12?,15-,16+,17+,18-;4-,5+,6+,7-,8+,9+/m10/s1. The van der Waals surface area contributed by atoms with Gasteiger partial charge in [0.2, 0.25) is 0 Å². The Morgan fingerprint density at radius 1 is 0.837 bits per heavy atom. The number of amidine groups is 2. The van der Waals surface area contributed by atoms with Gasteiger partial charge in [-0.15, -0.1) is 0 Å². The van der Waals surface area contributed by atoms with Crippen molar-refractivity contribution in [2.45, 2.75) is 93.1 Å². The Labute approximate surface area is 262 Å². The van der Waals surface area contributed by atoms with E-state index < -0.39 is 36.6 Å². The first-order valence-electron chi connectivity index (χ1n) is 14.4. The third-order valence-corrected chi connectivity index (χ3v) is 10.4. The molecule has 0 spiro atoms. The van der Waals surface area contributed by atoms with Crippen LogP contribution in [0.4, 0.5) is 0 Å². The lowest BCUT2D eigenvalue weighted by atomic mass is 9.87. The maximum atomic E-state index is 10.2. The lowest BCUT2D eigenvalue weighted by molar-refractivity contribution is -0.181. The van der Waals surface area contributed by atoms with Crippen LogP contribution in [0.2, 0.25) is 0 Å². The second kappa shape index (κ2) is 14.6. The maximum Gasteiger partial charge on any atom is 0.161 e. The molecule has 12 nitrogen and oxygen atoms in total. The van der Waals surface area contributed by atoms with Crippen molar-refractivity contribution in [2.75, 3.05) is 35.3 Å². The van der Waals surface area contributed by atoms with Gasteiger partial charge in [0.15, 0.2) is 10.3 Å². The van der Waals surface area contributed by atoms with Gasteiger partial charge in [-0.1, -0.05) is 42.6 Å². The maximum absolute atomic E-state index is 10.2. The lowest BCUT2D eigenvalue weighted by Crippen LogP contribution is -2.57. The van der Waals surface area contributed by atoms with Gasteiger partial charge in [0.1, 0.15) is 47.0 Å². The van der Waals surface area contributed by atoms with E-state index in [2.05, 4.69) is 11.9 Å². The van der Waals surface area contributed by atoms with E-state index in [9.17, 15) is 20.4 Å². The van der Waals surface area contributed by atoms with Gasteiger partial charge in [0, 0.05) is 34.1 Å². The number of hydrogen-bond donors (Lipinski definition) is 4. The molecular formula is C29H46N4O8S2. The number of methoxy groups -OCH3 is 1. The van der Waals surface area contributed by atoms with E-state index in [0.29, 0.717) is 6.61 Å². The Balaban J connectivity index is 0.000000215. The van der Waals surface area contributed by atoms with E-state index in [-0.39, 0.29) is 35.0 Å². The van der Waals surface area contributed by atoms with Crippen molar-refractivity contribution in [1.29, 1.82) is 0 Å². The van der Waals surface area contributed by atoms with Crippen molar-refractivity contribution in [2.24, 2.45) is 15.9 Å². The Bertz CT molecular complexity index is 1120. The van der Waals surface area contributed by atoms with Crippen LogP contribution in [0.3, 0.4) is 0 Å². The first kappa shape index (κ1) is 34.3. The van der Waals surface area contributed by atoms with E-state index in [0.717, 1.165) is 21.6 Å². The van der Waals surface area contributed by atoms with Crippen LogP contribution in [0.1, 0.15) is 26.3 Å². The van der Waals surface area contributed by atoms with Crippen LogP contribution in [-0.4, -0.2) is 142 Å². The fraction of sp³-hybridized carbons (Fsp3) is 0.724. The van der Waals surface area contributed by atoms with Gasteiger partial charge in [-0.3, -0.25) is 9.98 Å². The highest BCUT2D eigenvalue weighted by molar-refractivity contribution is 8.14. The molecule has 0 aromatic heterocycles. The predicted molar refractivity (Wildman–Crippen MR) is 168 cm³/mol. The van der Waals surface area contributed by atoms with Gasteiger partial charge >= 0.3 is 0 Å². The minimum absolute atomic E-state index is 0.0420. The van der Waals surface area contributed by atoms with Crippen LogP contribution >= 0.6 is 23.5 Å². The average Bonchev–Trinajstić information content (AvgIpc) is 3.60. The van der Waals surface area contributed by atoms with Crippen molar-refractivity contribution in [1.82, 2.24) is 9.80 Å². The van der Waals surface area contributed by atoms with E-state index in [1.165, 1.54) is 18.7 Å². The second-order valence-corrected chi connectivity index (χ2v) is 13.8. The largest absolute Gasteiger partial charge is 0.497 e. The number of fused-ring (bicyclic) bond motifs is 2. The summed E-state index contributed by atoms with van der Waals surface area (Å²) < 4.78 is 23.3. The lowest BCUT2D eigenvalue weighted by Gasteiger charge is -2.42. The highest BCUT2D eigenvalue weighted by Gasteiger charge is 2.51. The van der Waals surface area contributed by atoms with Gasteiger partial charge in [0.05, 0.1) is 38.1 Å². The summed E-state index contributed by atoms with van der Waals surface area (Å²) in [6.45, 7) is 5.87. The second-order valence-electron chi connectivity index (χ2n) is 11.7. The molecule has 1 aromatic carbocycles. The molecule has 242 valence electrons. The zero-order valence-electron chi connectivity index (χ0n) is 26.0. The molecule has 0 radical (unpaired) electrons. The van der Waals surface area contributed by atoms with E-state index in [1.807, 2.05) is 62.3 Å². The van der Waals surface area contributed by atoms with Crippen LogP contribution in [0.5, 0.6) is 5.75 Å². The Kier molecular flexibility index (Phi) is 11.7. The van der Waals surface area contributed by atoms with Gasteiger partial charge in [-0.05, 0) is 31.5 Å². The molecular weight excluding hydrogens is 596 g/mol. The summed E-state index contributed by atoms with van der Waals surface area (Å²) in [4.78, 5) is 13.0. The number of aliphatic hydroxyl groups excluding tert-OH is 4. The van der Waals surface area contributed by atoms with E-state index in [1.54, 1.807) is 25.8 Å². The molecule has 5 rings (SSSR count). The highest BCUT2D eigenvalue weighted by atomic mass is 32.2. The first-order chi connectivity index (χ1) is 20.3. The molecule has 4 aliphatic rings. The topological polar surface area (TPSA) is 149 Å². The van der Waals surface area contributed by atoms with Crippen LogP contribution in [-0.2, 0) is 20.8 Å². The van der Waals surface area contributed by atoms with E-state index >= 15 is 0 Å². The molecule has 2 saturated heterocycles. The summed E-state index contributed by atoms with van der Waals surface area (Å²) in [5, 5.41) is 41.2. The number of benzene rings is 1. The van der Waals surface area contributed by atoms with Gasteiger partial charge in [0.25, 0.3) is 0 Å². The SMILES string of the molecule is COc1ccc(CO[C@H]2[C@H](C)[C@@H](C(C)O)O[C@@H]3SC(N(C)C)=N[C@H]23)cc1.C[C@H](O)[C@H]1O[C@@H]2SC(N(C)C)=N[C@@H]2[C@@H](O)[C@@H]1O. The summed E-state index contributed by atoms with van der Waals surface area (Å²) in [5.74, 6) is 0.871. The fourth-order valence-electron chi connectivity index (χ4n) is 5.43. The van der Waals surface area contributed by atoms with Crippen molar-refractivity contribution >= 4 is 33.9 Å². The zero-order valence-corrected chi connectivity index (χ0v) is 27.6. The van der Waals surface area contributed by atoms with E-state index in [4.69, 9.17) is 23.9 Å². The number of nitrogens with zero attached hydrogens (tertiary/aromatic N) is 4. The highest BCUT2D eigenvalue weighted by Crippen LogP contribution is 2.42. The zero-order chi connectivity index (χ0) is 31.6. The normalized spacial score (nSPS) is 36.3. The fourth-order valence-corrected chi connectivity index (χ4v) is 7.72. The number of aliphatic imine (C=N–C) groups is 2. The Morgan fingerprint density at radius 3 is 1.86 bits per heavy atom. The van der Waals surface area contributed by atoms with Gasteiger partial charge in [-0.2, -0.15) is 0 Å². The molecule has 4 N–H and O–H groups in total. The minimum atomic E-state index is -1.11. The monoisotopic (exact) mass is 642 g/mol. The Morgan fingerprint density at radius 2 is 1.35 bits per heavy atom. The summed E-state index contributed by atoms with van der Waals surface area (Å²) in [6.07, 6.45) is -4.63. The van der Waals surface area contributed by atoms with Crippen LogP contribution < -0.4 is 4.74 Å². The summed E-state index contributed by atoms with van der Waals surface area (Å²) in [6, 6.07) is 7.33. The molecule has 4 heterocycles. The van der Waals surface area contributed by atoms with Crippen LogP contribution in [0.25, 0.3) is 0 Å². The first-order valence-corrected chi connectivity index (χ1v) is 16.2. The van der Waals surface area contributed by atoms with Crippen LogP contribution in [0, 0.1) is 5.92 Å². The number of rotatable bonds is 6. The quantitative estimate of drug-likeness (QED) is 0.353. The van der Waals surface area contributed by atoms with Gasteiger partial charge in [-0.25, -0.2) is 0 Å². The molecule has 1 unspecified atom stereocenters. The smallest absolute Gasteiger partial charge is 0.161 e. The van der Waals surface area contributed by atoms with Crippen molar-refractivity contribution in [3.8, 4) is 5.75 Å². The third kappa shape index (κ3) is 7.79. The van der Waals surface area contributed by atoms with Gasteiger partial charge < -0.3 is 49.2 Å². The molecule has 14 heteroatoms. The molecule has 0 aliphatic carbocycles. The predicted octanol–water partition coefficient (Wildman–Crippen LogP) is 1.20. The molecule has 0 bridgehead atoms.